The number of aromatic nitrogens is 3. The lowest BCUT2D eigenvalue weighted by atomic mass is 10.2. The molecule has 144 valence electrons. The van der Waals surface area contributed by atoms with E-state index in [0.717, 1.165) is 10.0 Å². The molecule has 1 amide bonds. The molecule has 0 spiro atoms. The molecule has 1 N–H and O–H groups in total. The third kappa shape index (κ3) is 4.33. The zero-order valence-electron chi connectivity index (χ0n) is 15.1. The lowest BCUT2D eigenvalue weighted by Gasteiger charge is -2.08. The van der Waals surface area contributed by atoms with Gasteiger partial charge in [-0.05, 0) is 30.3 Å². The lowest BCUT2D eigenvalue weighted by Crippen LogP contribution is -2.28. The Bertz CT molecular complexity index is 1220. The number of carbonyl (C=O) groups is 1. The van der Waals surface area contributed by atoms with E-state index in [1.807, 2.05) is 42.5 Å². The second kappa shape index (κ2) is 8.24. The average molecular weight is 451 g/mol. The van der Waals surface area contributed by atoms with Crippen molar-refractivity contribution in [2.24, 2.45) is 0 Å². The van der Waals surface area contributed by atoms with Gasteiger partial charge in [-0.1, -0.05) is 57.5 Å². The fourth-order valence-electron chi connectivity index (χ4n) is 2.78. The van der Waals surface area contributed by atoms with Crippen LogP contribution in [0.25, 0.3) is 22.8 Å². The molecule has 8 heteroatoms. The van der Waals surface area contributed by atoms with E-state index in [1.54, 1.807) is 30.5 Å². The van der Waals surface area contributed by atoms with Crippen molar-refractivity contribution in [3.8, 4) is 22.8 Å². The summed E-state index contributed by atoms with van der Waals surface area (Å²) in [5.74, 6) is 0.177. The van der Waals surface area contributed by atoms with Gasteiger partial charge in [-0.15, -0.1) is 0 Å². The zero-order chi connectivity index (χ0) is 20.2. The number of amides is 1. The first kappa shape index (κ1) is 18.8. The summed E-state index contributed by atoms with van der Waals surface area (Å²) in [5.41, 5.74) is 1.27. The number of halogens is 1. The predicted molar refractivity (Wildman–Crippen MR) is 112 cm³/mol. The van der Waals surface area contributed by atoms with Crippen LogP contribution in [0.3, 0.4) is 0 Å². The Morgan fingerprint density at radius 2 is 1.90 bits per heavy atom. The first-order valence-electron chi connectivity index (χ1n) is 8.74. The summed E-state index contributed by atoms with van der Waals surface area (Å²) in [6.07, 6.45) is 1.54. The van der Waals surface area contributed by atoms with Gasteiger partial charge in [0.2, 0.25) is 11.7 Å². The standard InChI is InChI=1S/C21H15BrN4O3/c22-15-8-4-9-16(12-15)23-18(27)13-26-11-5-10-17(21(26)28)20-24-19(25-29-20)14-6-2-1-3-7-14/h1-12H,13H2,(H,23,27). The molecule has 4 rings (SSSR count). The van der Waals surface area contributed by atoms with Gasteiger partial charge in [0.05, 0.1) is 0 Å². The van der Waals surface area contributed by atoms with E-state index < -0.39 is 0 Å². The van der Waals surface area contributed by atoms with Crippen LogP contribution in [-0.2, 0) is 11.3 Å². The monoisotopic (exact) mass is 450 g/mol. The SMILES string of the molecule is O=C(Cn1cccc(-c2nc(-c3ccccc3)no2)c1=O)Nc1cccc(Br)c1. The number of benzene rings is 2. The van der Waals surface area contributed by atoms with Gasteiger partial charge in [-0.3, -0.25) is 9.59 Å². The minimum atomic E-state index is -0.389. The molecule has 0 atom stereocenters. The zero-order valence-corrected chi connectivity index (χ0v) is 16.7. The van der Waals surface area contributed by atoms with Crippen molar-refractivity contribution in [1.82, 2.24) is 14.7 Å². The quantitative estimate of drug-likeness (QED) is 0.496. The molecule has 0 bridgehead atoms. The summed E-state index contributed by atoms with van der Waals surface area (Å²) in [6.45, 7) is -0.140. The van der Waals surface area contributed by atoms with Crippen LogP contribution in [0.2, 0.25) is 0 Å². The van der Waals surface area contributed by atoms with E-state index in [1.165, 1.54) is 4.57 Å². The third-order valence-electron chi connectivity index (χ3n) is 4.13. The molecule has 29 heavy (non-hydrogen) atoms. The van der Waals surface area contributed by atoms with E-state index in [9.17, 15) is 9.59 Å². The maximum atomic E-state index is 12.8. The summed E-state index contributed by atoms with van der Waals surface area (Å²) in [7, 11) is 0. The molecule has 0 radical (unpaired) electrons. The van der Waals surface area contributed by atoms with Crippen molar-refractivity contribution < 1.29 is 9.32 Å². The van der Waals surface area contributed by atoms with Gasteiger partial charge in [0.1, 0.15) is 12.1 Å². The minimum Gasteiger partial charge on any atom is -0.333 e. The van der Waals surface area contributed by atoms with Gasteiger partial charge in [0.25, 0.3) is 11.4 Å². The number of anilines is 1. The Hall–Kier alpha value is -3.52. The topological polar surface area (TPSA) is 90.0 Å². The molecular weight excluding hydrogens is 436 g/mol. The molecule has 0 saturated carbocycles. The van der Waals surface area contributed by atoms with E-state index in [-0.39, 0.29) is 29.5 Å². The van der Waals surface area contributed by atoms with Crippen molar-refractivity contribution >= 4 is 27.5 Å². The van der Waals surface area contributed by atoms with Gasteiger partial charge >= 0.3 is 0 Å². The van der Waals surface area contributed by atoms with Crippen LogP contribution in [0.5, 0.6) is 0 Å². The molecule has 2 aromatic heterocycles. The molecule has 0 aliphatic rings. The highest BCUT2D eigenvalue weighted by molar-refractivity contribution is 9.10. The lowest BCUT2D eigenvalue weighted by molar-refractivity contribution is -0.116. The molecule has 2 heterocycles. The number of hydrogen-bond acceptors (Lipinski definition) is 5. The van der Waals surface area contributed by atoms with Gasteiger partial charge in [-0.2, -0.15) is 4.98 Å². The van der Waals surface area contributed by atoms with Crippen LogP contribution in [-0.4, -0.2) is 20.6 Å². The summed E-state index contributed by atoms with van der Waals surface area (Å²) < 4.78 is 7.42. The molecular formula is C21H15BrN4O3. The molecule has 0 saturated heterocycles. The first-order valence-corrected chi connectivity index (χ1v) is 9.54. The molecule has 2 aromatic carbocycles. The van der Waals surface area contributed by atoms with Crippen LogP contribution in [0.1, 0.15) is 0 Å². The predicted octanol–water partition coefficient (Wildman–Crippen LogP) is 3.97. The van der Waals surface area contributed by atoms with Crippen molar-refractivity contribution in [3.63, 3.8) is 0 Å². The van der Waals surface area contributed by atoms with Crippen LogP contribution >= 0.6 is 15.9 Å². The maximum Gasteiger partial charge on any atom is 0.263 e. The average Bonchev–Trinajstić information content (AvgIpc) is 3.20. The summed E-state index contributed by atoms with van der Waals surface area (Å²) >= 11 is 3.35. The number of carbonyl (C=O) groups excluding carboxylic acids is 1. The van der Waals surface area contributed by atoms with Crippen LogP contribution in [0.4, 0.5) is 5.69 Å². The third-order valence-corrected chi connectivity index (χ3v) is 4.62. The number of rotatable bonds is 5. The highest BCUT2D eigenvalue weighted by atomic mass is 79.9. The van der Waals surface area contributed by atoms with E-state index in [2.05, 4.69) is 31.4 Å². The van der Waals surface area contributed by atoms with Crippen LogP contribution in [0.15, 0.2) is 86.7 Å². The second-order valence-corrected chi connectivity index (χ2v) is 7.12. The van der Waals surface area contributed by atoms with E-state index in [4.69, 9.17) is 4.52 Å². The van der Waals surface area contributed by atoms with Crippen LogP contribution < -0.4 is 10.9 Å². The van der Waals surface area contributed by atoms with Gasteiger partial charge in [-0.25, -0.2) is 0 Å². The van der Waals surface area contributed by atoms with E-state index >= 15 is 0 Å². The Labute approximate surface area is 174 Å². The fourth-order valence-corrected chi connectivity index (χ4v) is 3.18. The number of hydrogen-bond donors (Lipinski definition) is 1. The Morgan fingerprint density at radius 1 is 1.07 bits per heavy atom. The molecule has 0 unspecified atom stereocenters. The van der Waals surface area contributed by atoms with Crippen molar-refractivity contribution in [1.29, 1.82) is 0 Å². The molecule has 0 aliphatic carbocycles. The summed E-state index contributed by atoms with van der Waals surface area (Å²) in [6, 6.07) is 19.8. The highest BCUT2D eigenvalue weighted by Gasteiger charge is 2.16. The van der Waals surface area contributed by atoms with Gasteiger partial charge in [0.15, 0.2) is 0 Å². The number of pyridine rings is 1. The molecule has 4 aromatic rings. The van der Waals surface area contributed by atoms with Crippen LogP contribution in [0, 0.1) is 0 Å². The normalized spacial score (nSPS) is 10.7. The van der Waals surface area contributed by atoms with Gasteiger partial charge in [0, 0.05) is 21.9 Å². The minimum absolute atomic E-state index is 0.107. The summed E-state index contributed by atoms with van der Waals surface area (Å²) in [5, 5.41) is 6.70. The second-order valence-electron chi connectivity index (χ2n) is 6.20. The smallest absolute Gasteiger partial charge is 0.263 e. The van der Waals surface area contributed by atoms with Crippen molar-refractivity contribution in [2.45, 2.75) is 6.54 Å². The highest BCUT2D eigenvalue weighted by Crippen LogP contribution is 2.20. The Balaban J connectivity index is 1.56. The number of nitrogens with one attached hydrogen (secondary N) is 1. The van der Waals surface area contributed by atoms with Crippen molar-refractivity contribution in [3.05, 3.63) is 87.8 Å². The molecule has 0 aliphatic heterocycles. The molecule has 0 fully saturated rings. The summed E-state index contributed by atoms with van der Waals surface area (Å²) in [4.78, 5) is 29.5. The largest absolute Gasteiger partial charge is 0.333 e. The maximum absolute atomic E-state index is 12.8. The first-order chi connectivity index (χ1) is 14.1. The van der Waals surface area contributed by atoms with E-state index in [0.29, 0.717) is 11.5 Å². The Morgan fingerprint density at radius 3 is 2.69 bits per heavy atom. The Kier molecular flexibility index (Phi) is 5.35. The number of nitrogens with zero attached hydrogens (tertiary/aromatic N) is 3. The van der Waals surface area contributed by atoms with Gasteiger partial charge < -0.3 is 14.4 Å². The molecule has 7 nitrogen and oxygen atoms in total. The van der Waals surface area contributed by atoms with Crippen molar-refractivity contribution in [2.75, 3.05) is 5.32 Å². The fraction of sp³-hybridized carbons (Fsp3) is 0.0476.